The summed E-state index contributed by atoms with van der Waals surface area (Å²) < 4.78 is 13.7. The van der Waals surface area contributed by atoms with Gasteiger partial charge in [-0.15, -0.1) is 0 Å². The summed E-state index contributed by atoms with van der Waals surface area (Å²) in [5, 5.41) is 30.9. The van der Waals surface area contributed by atoms with Crippen LogP contribution in [-0.2, 0) is 13.0 Å². The molecule has 39 heavy (non-hydrogen) atoms. The lowest BCUT2D eigenvalue weighted by Gasteiger charge is -2.56. The van der Waals surface area contributed by atoms with Gasteiger partial charge in [0, 0.05) is 71.9 Å². The minimum Gasteiger partial charge on any atom is -0.508 e. The van der Waals surface area contributed by atoms with Gasteiger partial charge in [-0.2, -0.15) is 5.26 Å². The lowest BCUT2D eigenvalue weighted by molar-refractivity contribution is -0.00921. The number of nitrogens with zero attached hydrogens (tertiary/aromatic N) is 5. The highest BCUT2D eigenvalue weighted by atomic mass is 19.1. The Kier molecular flexibility index (Phi) is 6.25. The summed E-state index contributed by atoms with van der Waals surface area (Å²) in [5.41, 5.74) is 3.66. The van der Waals surface area contributed by atoms with E-state index in [-0.39, 0.29) is 11.6 Å². The Morgan fingerprint density at radius 1 is 1.13 bits per heavy atom. The fourth-order valence-electron chi connectivity index (χ4n) is 5.83. The highest BCUT2D eigenvalue weighted by Gasteiger charge is 2.44. The topological polar surface area (TPSA) is 112 Å². The van der Waals surface area contributed by atoms with Gasteiger partial charge in [0.05, 0.1) is 11.2 Å². The van der Waals surface area contributed by atoms with E-state index in [9.17, 15) is 19.9 Å². The van der Waals surface area contributed by atoms with Crippen molar-refractivity contribution in [2.45, 2.75) is 57.3 Å². The fraction of sp³-hybridized carbons (Fsp3) is 0.367. The van der Waals surface area contributed by atoms with Crippen molar-refractivity contribution in [1.82, 2.24) is 19.9 Å². The van der Waals surface area contributed by atoms with Gasteiger partial charge >= 0.3 is 0 Å². The number of nitriles is 1. The summed E-state index contributed by atoms with van der Waals surface area (Å²) in [6, 6.07) is 13.0. The number of benzene rings is 1. The Labute approximate surface area is 226 Å². The van der Waals surface area contributed by atoms with Crippen molar-refractivity contribution in [3.8, 4) is 22.9 Å². The lowest BCUT2D eigenvalue weighted by atomic mass is 9.86. The van der Waals surface area contributed by atoms with Crippen LogP contribution in [0.5, 0.6) is 5.75 Å². The zero-order valence-electron chi connectivity index (χ0n) is 22.0. The third-order valence-electron chi connectivity index (χ3n) is 7.94. The molecule has 8 nitrogen and oxygen atoms in total. The molecular formula is C30H31FN6O2. The third kappa shape index (κ3) is 4.93. The molecular weight excluding hydrogens is 495 g/mol. The van der Waals surface area contributed by atoms with Crippen LogP contribution >= 0.6 is 0 Å². The highest BCUT2D eigenvalue weighted by Crippen LogP contribution is 2.38. The van der Waals surface area contributed by atoms with E-state index >= 15 is 0 Å². The van der Waals surface area contributed by atoms with Crippen LogP contribution in [-0.4, -0.2) is 60.8 Å². The molecule has 3 aliphatic rings. The first kappa shape index (κ1) is 25.3. The van der Waals surface area contributed by atoms with Crippen LogP contribution in [0.2, 0.25) is 0 Å². The number of phenols is 1. The monoisotopic (exact) mass is 526 g/mol. The Hall–Kier alpha value is -4.00. The molecule has 0 radical (unpaired) electrons. The molecule has 2 unspecified atom stereocenters. The number of H-pyrrole nitrogens is 1. The summed E-state index contributed by atoms with van der Waals surface area (Å²) in [4.78, 5) is 17.1. The number of hydrogen-bond acceptors (Lipinski definition) is 7. The molecule has 3 N–H and O–H groups in total. The number of phenolic OH excluding ortho intramolecular Hbond substituents is 1. The molecule has 3 aromatic heterocycles. The predicted octanol–water partition coefficient (Wildman–Crippen LogP) is 4.51. The van der Waals surface area contributed by atoms with Crippen molar-refractivity contribution in [1.29, 1.82) is 5.26 Å². The molecule has 0 amide bonds. The maximum absolute atomic E-state index is 13.7. The van der Waals surface area contributed by atoms with Gasteiger partial charge in [-0.3, -0.25) is 4.90 Å². The van der Waals surface area contributed by atoms with Crippen LogP contribution in [0.25, 0.3) is 22.2 Å². The van der Waals surface area contributed by atoms with Crippen molar-refractivity contribution < 1.29 is 14.6 Å². The first-order valence-electron chi connectivity index (χ1n) is 13.3. The normalized spacial score (nSPS) is 19.2. The maximum Gasteiger partial charge on any atom is 0.138 e. The number of aromatic hydroxyl groups is 1. The van der Waals surface area contributed by atoms with E-state index in [0.29, 0.717) is 48.2 Å². The van der Waals surface area contributed by atoms with E-state index in [4.69, 9.17) is 4.98 Å². The lowest BCUT2D eigenvalue weighted by Crippen LogP contribution is -2.68. The Balaban J connectivity index is 1.20. The Morgan fingerprint density at radius 2 is 1.92 bits per heavy atom. The summed E-state index contributed by atoms with van der Waals surface area (Å²) in [6.07, 6.45) is 5.76. The van der Waals surface area contributed by atoms with Crippen molar-refractivity contribution in [2.75, 3.05) is 18.0 Å². The molecule has 2 atom stereocenters. The number of nitrogens with one attached hydrogen (secondary N) is 1. The van der Waals surface area contributed by atoms with E-state index < -0.39 is 5.60 Å². The number of rotatable bonds is 7. The number of piperidine rings is 1. The van der Waals surface area contributed by atoms with Crippen molar-refractivity contribution >= 4 is 16.9 Å². The molecule has 6 heterocycles. The fourth-order valence-corrected chi connectivity index (χ4v) is 5.83. The van der Waals surface area contributed by atoms with Gasteiger partial charge < -0.3 is 20.1 Å². The van der Waals surface area contributed by atoms with Gasteiger partial charge in [0.25, 0.3) is 0 Å². The van der Waals surface area contributed by atoms with Crippen LogP contribution in [0, 0.1) is 17.1 Å². The highest BCUT2D eigenvalue weighted by molar-refractivity contribution is 5.96. The first-order valence-corrected chi connectivity index (χ1v) is 13.3. The number of piperazine rings is 1. The van der Waals surface area contributed by atoms with Crippen LogP contribution in [0.15, 0.2) is 48.8 Å². The van der Waals surface area contributed by atoms with Gasteiger partial charge in [0.1, 0.15) is 29.1 Å². The second-order valence-electron chi connectivity index (χ2n) is 11.3. The quantitative estimate of drug-likeness (QED) is 0.325. The molecule has 9 heteroatoms. The molecule has 2 bridgehead atoms. The average molecular weight is 527 g/mol. The van der Waals surface area contributed by atoms with E-state index in [1.54, 1.807) is 20.0 Å². The van der Waals surface area contributed by atoms with Crippen LogP contribution in [0.1, 0.15) is 43.5 Å². The molecule has 0 saturated carbocycles. The van der Waals surface area contributed by atoms with Gasteiger partial charge in [0.2, 0.25) is 0 Å². The zero-order valence-corrected chi connectivity index (χ0v) is 22.0. The van der Waals surface area contributed by atoms with Crippen LogP contribution in [0.3, 0.4) is 0 Å². The van der Waals surface area contributed by atoms with Crippen LogP contribution < -0.4 is 4.90 Å². The zero-order chi connectivity index (χ0) is 27.3. The maximum atomic E-state index is 13.7. The van der Waals surface area contributed by atoms with Crippen molar-refractivity contribution in [3.63, 3.8) is 0 Å². The SMILES string of the molecule is CC(C)(O)CCc1cc2c(-c3ccc(N4CC5CC(C4)N5Cc4cc(F)ccc4O)nc3)c(C#N)cnc2[nH]1. The number of pyridine rings is 2. The van der Waals surface area contributed by atoms with Crippen molar-refractivity contribution in [2.24, 2.45) is 0 Å². The van der Waals surface area contributed by atoms with E-state index in [0.717, 1.165) is 47.5 Å². The molecule has 0 spiro atoms. The third-order valence-corrected chi connectivity index (χ3v) is 7.94. The van der Waals surface area contributed by atoms with Gasteiger partial charge in [-0.05, 0) is 69.5 Å². The molecule has 4 aromatic rings. The molecule has 3 fully saturated rings. The average Bonchev–Trinajstić information content (AvgIpc) is 3.35. The van der Waals surface area contributed by atoms with Crippen LogP contribution in [0.4, 0.5) is 10.2 Å². The first-order chi connectivity index (χ1) is 18.7. The number of fused-ring (bicyclic) bond motifs is 3. The van der Waals surface area contributed by atoms with E-state index in [2.05, 4.69) is 25.8 Å². The summed E-state index contributed by atoms with van der Waals surface area (Å²) in [5.74, 6) is 0.671. The second kappa shape index (κ2) is 9.63. The Morgan fingerprint density at radius 3 is 2.62 bits per heavy atom. The molecule has 3 saturated heterocycles. The van der Waals surface area contributed by atoms with Gasteiger partial charge in [-0.25, -0.2) is 14.4 Å². The standard InChI is InChI=1S/C30H31FN6O2/c1-30(2,39)8-7-22-10-25-28(20(12-32)14-34-29(25)35-22)18-3-6-27(33-13-18)36-16-23-11-24(17-36)37(23)15-19-9-21(31)4-5-26(19)38/h3-6,9-10,13-14,23-24,38-39H,7-8,11,15-17H2,1-2H3,(H,34,35). The minimum absolute atomic E-state index is 0.129. The molecule has 0 aliphatic carbocycles. The Bertz CT molecular complexity index is 1560. The summed E-state index contributed by atoms with van der Waals surface area (Å²) in [7, 11) is 0. The van der Waals surface area contributed by atoms with E-state index in [1.807, 2.05) is 24.4 Å². The smallest absolute Gasteiger partial charge is 0.138 e. The largest absolute Gasteiger partial charge is 0.508 e. The number of anilines is 1. The van der Waals surface area contributed by atoms with Gasteiger partial charge in [-0.1, -0.05) is 0 Å². The summed E-state index contributed by atoms with van der Waals surface area (Å²) >= 11 is 0. The number of aromatic amines is 1. The minimum atomic E-state index is -0.765. The molecule has 7 rings (SSSR count). The van der Waals surface area contributed by atoms with Gasteiger partial charge in [0.15, 0.2) is 0 Å². The summed E-state index contributed by atoms with van der Waals surface area (Å²) in [6.45, 7) is 5.73. The molecule has 200 valence electrons. The molecule has 1 aromatic carbocycles. The number of halogens is 1. The van der Waals surface area contributed by atoms with Crippen molar-refractivity contribution in [3.05, 3.63) is 71.4 Å². The van der Waals surface area contributed by atoms with E-state index in [1.165, 1.54) is 18.2 Å². The number of aliphatic hydroxyl groups is 1. The number of aryl methyl sites for hydroxylation is 1. The number of hydrogen-bond donors (Lipinski definition) is 3. The molecule has 3 aliphatic heterocycles. The second-order valence-corrected chi connectivity index (χ2v) is 11.3. The number of aromatic nitrogens is 3. The predicted molar refractivity (Wildman–Crippen MR) is 147 cm³/mol.